The first-order valence-corrected chi connectivity index (χ1v) is 36.6. The molecule has 10 heteroatoms. The summed E-state index contributed by atoms with van der Waals surface area (Å²) in [6.45, 7) is 7.92. The van der Waals surface area contributed by atoms with Crippen molar-refractivity contribution >= 4 is 137 Å². The molecule has 0 bridgehead atoms. The Morgan fingerprint density at radius 1 is 0.245 bits per heavy atom. The molecule has 0 radical (unpaired) electrons. The second kappa shape index (κ2) is 25.0. The minimum atomic E-state index is 0.539. The van der Waals surface area contributed by atoms with E-state index < -0.39 is 0 Å². The van der Waals surface area contributed by atoms with Crippen LogP contribution in [-0.2, 0) is 0 Å². The van der Waals surface area contributed by atoms with Crippen LogP contribution in [0.15, 0.2) is 352 Å². The average molecular weight is 1400 g/mol. The minimum absolute atomic E-state index is 0.539. The molecule has 22 rings (SSSR count). The Hall–Kier alpha value is -15.7. The molecule has 10 nitrogen and oxygen atoms in total. The third kappa shape index (κ3) is 9.19. The van der Waals surface area contributed by atoms with Crippen molar-refractivity contribution in [1.29, 1.82) is 15.8 Å². The molecular formula is C100H58N10. The number of fused-ring (bicyclic) bond motifs is 18. The summed E-state index contributed by atoms with van der Waals surface area (Å²) in [6.07, 6.45) is 0. The van der Waals surface area contributed by atoms with E-state index in [4.69, 9.17) is 6.57 Å². The van der Waals surface area contributed by atoms with Gasteiger partial charge in [0, 0.05) is 87.1 Å². The number of aromatic nitrogens is 6. The van der Waals surface area contributed by atoms with Crippen molar-refractivity contribution in [1.82, 2.24) is 27.4 Å². The van der Waals surface area contributed by atoms with E-state index in [2.05, 4.69) is 317 Å². The summed E-state index contributed by atoms with van der Waals surface area (Å²) in [5, 5.41) is 45.5. The highest BCUT2D eigenvalue weighted by atomic mass is 15.0. The molecule has 0 N–H and O–H groups in total. The fourth-order valence-corrected chi connectivity index (χ4v) is 17.9. The van der Waals surface area contributed by atoms with Crippen molar-refractivity contribution in [2.45, 2.75) is 0 Å². The SMILES string of the molecule is N#Cc1c(-c2ccccc2-n2c3ccccc3c3c(-n4c5ccccc5c5ccccc54)cccc32)cccc1-n1c2ccccc2c2cccc(C#N)c21.[C-]#[N+]c1cccc2c1c1ccccc1n2-c1cccc(-c2cccc(C#N)c2-n2c3ccccc3c3c(-n4c5ccccc5c5ccccc54)cccc32)c1. The lowest BCUT2D eigenvalue weighted by atomic mass is 9.96. The summed E-state index contributed by atoms with van der Waals surface area (Å²) in [7, 11) is 0. The number of nitriles is 3. The van der Waals surface area contributed by atoms with Crippen LogP contribution < -0.4 is 0 Å². The van der Waals surface area contributed by atoms with Crippen LogP contribution in [0.2, 0.25) is 0 Å². The third-order valence-electron chi connectivity index (χ3n) is 22.2. The Kier molecular flexibility index (Phi) is 14.3. The summed E-state index contributed by atoms with van der Waals surface area (Å²) in [5.41, 5.74) is 24.3. The number of hydrogen-bond donors (Lipinski definition) is 0. The number of hydrogen-bond acceptors (Lipinski definition) is 3. The van der Waals surface area contributed by atoms with Gasteiger partial charge in [-0.1, -0.05) is 237 Å². The second-order valence-electron chi connectivity index (χ2n) is 27.8. The molecule has 508 valence electrons. The Balaban J connectivity index is 0.000000140. The molecule has 0 aliphatic carbocycles. The number of benzene rings is 16. The molecule has 0 atom stereocenters. The first-order valence-electron chi connectivity index (χ1n) is 36.6. The summed E-state index contributed by atoms with van der Waals surface area (Å²) in [5.74, 6) is 0. The summed E-state index contributed by atoms with van der Waals surface area (Å²) >= 11 is 0. The van der Waals surface area contributed by atoms with Gasteiger partial charge >= 0.3 is 0 Å². The van der Waals surface area contributed by atoms with Crippen molar-refractivity contribution in [3.63, 3.8) is 0 Å². The van der Waals surface area contributed by atoms with E-state index in [1.807, 2.05) is 84.9 Å². The van der Waals surface area contributed by atoms with Crippen LogP contribution in [0.3, 0.4) is 0 Å². The van der Waals surface area contributed by atoms with Crippen LogP contribution in [0.25, 0.3) is 192 Å². The molecule has 22 aromatic rings. The first kappa shape index (κ1) is 62.8. The maximum Gasteiger partial charge on any atom is 0.197 e. The highest BCUT2D eigenvalue weighted by Crippen LogP contribution is 2.47. The van der Waals surface area contributed by atoms with Gasteiger partial charge in [0.25, 0.3) is 0 Å². The molecule has 6 heterocycles. The lowest BCUT2D eigenvalue weighted by molar-refractivity contribution is 1.15. The zero-order chi connectivity index (χ0) is 73.2. The van der Waals surface area contributed by atoms with Gasteiger partial charge in [-0.05, 0) is 126 Å². The van der Waals surface area contributed by atoms with E-state index in [1.165, 1.54) is 21.5 Å². The molecule has 110 heavy (non-hydrogen) atoms. The Bertz CT molecular complexity index is 7760. The molecule has 0 aliphatic rings. The fourth-order valence-electron chi connectivity index (χ4n) is 17.9. The predicted octanol–water partition coefficient (Wildman–Crippen LogP) is 25.5. The molecule has 0 saturated carbocycles. The highest BCUT2D eigenvalue weighted by Gasteiger charge is 2.27. The van der Waals surface area contributed by atoms with E-state index in [1.54, 1.807) is 0 Å². The number of para-hydroxylation sites is 11. The molecular weight excluding hydrogens is 1340 g/mol. The largest absolute Gasteiger partial charge is 0.311 e. The highest BCUT2D eigenvalue weighted by molar-refractivity contribution is 6.20. The topological polar surface area (TPSA) is 105 Å². The van der Waals surface area contributed by atoms with E-state index >= 15 is 0 Å². The standard InChI is InChI=1S/2C50H29N5/c1-52-40-22-12-27-45-48(40)38-19-4-8-25-43(38)53(45)34-16-10-14-32(30-34)35-21-11-15-33(31-51)50(35)55-44-26-9-5-20-39(44)49-46(28-13-29-47(49)55)54-41-23-6-2-17-36(41)37-18-3-7-24-42(37)54;51-30-32-14-11-21-38-37-18-4-9-25-44(37)55(50(32)38)46-27-12-20-33(40(46)31-52)34-15-1-6-22-41(34)54-45-26-10-5-19-39(45)49-47(28-13-29-48(49)54)53-42-23-7-2-16-35(42)36-17-3-8-24-43(36)53/h2-30H;1-29H. The van der Waals surface area contributed by atoms with Gasteiger partial charge in [0.1, 0.15) is 18.2 Å². The minimum Gasteiger partial charge on any atom is -0.311 e. The summed E-state index contributed by atoms with van der Waals surface area (Å²) < 4.78 is 13.7. The van der Waals surface area contributed by atoms with Crippen molar-refractivity contribution in [3.8, 4) is 74.6 Å². The van der Waals surface area contributed by atoms with Crippen LogP contribution in [0, 0.1) is 40.6 Å². The molecule has 0 unspecified atom stereocenters. The Morgan fingerprint density at radius 2 is 0.600 bits per heavy atom. The third-order valence-corrected chi connectivity index (χ3v) is 22.2. The van der Waals surface area contributed by atoms with E-state index in [0.717, 1.165) is 166 Å². The zero-order valence-corrected chi connectivity index (χ0v) is 59.0. The van der Waals surface area contributed by atoms with Crippen LogP contribution in [0.4, 0.5) is 5.69 Å². The van der Waals surface area contributed by atoms with Gasteiger partial charge in [-0.15, -0.1) is 0 Å². The van der Waals surface area contributed by atoms with Crippen molar-refractivity contribution in [2.75, 3.05) is 0 Å². The normalized spacial score (nSPS) is 11.6. The maximum absolute atomic E-state index is 11.1. The first-order chi connectivity index (χ1) is 54.5. The lowest BCUT2D eigenvalue weighted by Crippen LogP contribution is -2.03. The molecule has 16 aromatic carbocycles. The molecule has 0 amide bonds. The maximum atomic E-state index is 11.1. The summed E-state index contributed by atoms with van der Waals surface area (Å²) in [6, 6.07) is 129. The predicted molar refractivity (Wildman–Crippen MR) is 450 cm³/mol. The van der Waals surface area contributed by atoms with Crippen LogP contribution in [-0.4, -0.2) is 27.4 Å². The van der Waals surface area contributed by atoms with Crippen molar-refractivity contribution < 1.29 is 0 Å². The van der Waals surface area contributed by atoms with Gasteiger partial charge in [0.2, 0.25) is 0 Å². The molecule has 0 aliphatic heterocycles. The molecule has 0 fully saturated rings. The smallest absolute Gasteiger partial charge is 0.197 e. The fraction of sp³-hybridized carbons (Fsp3) is 0. The van der Waals surface area contributed by atoms with E-state index in [9.17, 15) is 15.8 Å². The number of rotatable bonds is 8. The monoisotopic (exact) mass is 1400 g/mol. The van der Waals surface area contributed by atoms with Gasteiger partial charge < -0.3 is 27.4 Å². The van der Waals surface area contributed by atoms with Crippen molar-refractivity contribution in [3.05, 3.63) is 380 Å². The average Bonchev–Trinajstić information content (AvgIpc) is 1.56. The Labute approximate surface area is 630 Å². The lowest BCUT2D eigenvalue weighted by Gasteiger charge is -2.18. The van der Waals surface area contributed by atoms with E-state index in [0.29, 0.717) is 22.4 Å². The zero-order valence-electron chi connectivity index (χ0n) is 59.0. The van der Waals surface area contributed by atoms with Gasteiger partial charge in [-0.2, -0.15) is 15.8 Å². The van der Waals surface area contributed by atoms with Crippen LogP contribution >= 0.6 is 0 Å². The number of nitrogens with zero attached hydrogens (tertiary/aromatic N) is 10. The molecule has 6 aromatic heterocycles. The molecule has 0 spiro atoms. The molecule has 0 saturated heterocycles. The van der Waals surface area contributed by atoms with E-state index in [-0.39, 0.29) is 0 Å². The second-order valence-corrected chi connectivity index (χ2v) is 27.8. The van der Waals surface area contributed by atoms with Crippen molar-refractivity contribution in [2.24, 2.45) is 0 Å². The van der Waals surface area contributed by atoms with Gasteiger partial charge in [0.15, 0.2) is 5.69 Å². The summed E-state index contributed by atoms with van der Waals surface area (Å²) in [4.78, 5) is 3.88. The van der Waals surface area contributed by atoms with Crippen LogP contribution in [0.5, 0.6) is 0 Å². The van der Waals surface area contributed by atoms with Gasteiger partial charge in [-0.3, -0.25) is 0 Å². The van der Waals surface area contributed by atoms with Gasteiger partial charge in [0.05, 0.1) is 112 Å². The Morgan fingerprint density at radius 3 is 1.15 bits per heavy atom. The quantitative estimate of drug-likeness (QED) is 0.142. The van der Waals surface area contributed by atoms with Crippen LogP contribution in [0.1, 0.15) is 16.7 Å². The van der Waals surface area contributed by atoms with Gasteiger partial charge in [-0.25, -0.2) is 4.85 Å².